The van der Waals surface area contributed by atoms with E-state index in [-0.39, 0.29) is 6.03 Å². The lowest BCUT2D eigenvalue weighted by atomic mass is 10.2. The highest BCUT2D eigenvalue weighted by atomic mass is 32.2. The molecule has 0 aliphatic heterocycles. The van der Waals surface area contributed by atoms with E-state index in [0.29, 0.717) is 35.4 Å². The second-order valence-electron chi connectivity index (χ2n) is 5.24. The summed E-state index contributed by atoms with van der Waals surface area (Å²) in [5.74, 6) is -2.48. The van der Waals surface area contributed by atoms with Crippen LogP contribution in [0.15, 0.2) is 59.5 Å². The monoisotopic (exact) mass is 350 g/mol. The third-order valence-electron chi connectivity index (χ3n) is 3.31. The molecule has 128 valence electrons. The maximum Gasteiger partial charge on any atom is 0.322 e. The van der Waals surface area contributed by atoms with E-state index in [2.05, 4.69) is 5.32 Å². The third-order valence-corrected chi connectivity index (χ3v) is 4.01. The minimum Gasteiger partial charge on any atom is -0.320 e. The topological polar surface area (TPSA) is 32.3 Å². The molecular weight excluding hydrogens is 330 g/mol. The van der Waals surface area contributed by atoms with Gasteiger partial charge < -0.3 is 10.2 Å². The Morgan fingerprint density at radius 3 is 2.58 bits per heavy atom. The lowest BCUT2D eigenvalue weighted by Gasteiger charge is -2.23. The van der Waals surface area contributed by atoms with E-state index in [1.54, 1.807) is 29.2 Å². The minimum absolute atomic E-state index is 0.236. The first-order chi connectivity index (χ1) is 11.6. The van der Waals surface area contributed by atoms with E-state index in [1.165, 1.54) is 0 Å². The smallest absolute Gasteiger partial charge is 0.320 e. The van der Waals surface area contributed by atoms with Crippen molar-refractivity contribution in [2.45, 2.75) is 30.5 Å². The number of carbonyl (C=O) groups excluding carboxylic acids is 1. The molecule has 0 saturated carbocycles. The largest absolute Gasteiger partial charge is 0.322 e. The number of nitrogens with zero attached hydrogens (tertiary/aromatic N) is 1. The molecular formula is C18H20F2N2OS. The van der Waals surface area contributed by atoms with E-state index in [1.807, 2.05) is 37.3 Å². The van der Waals surface area contributed by atoms with Gasteiger partial charge in [-0.25, -0.2) is 4.79 Å². The molecule has 0 heterocycles. The molecule has 0 bridgehead atoms. The number of anilines is 1. The first kappa shape index (κ1) is 18.3. The van der Waals surface area contributed by atoms with Crippen molar-refractivity contribution in [1.29, 1.82) is 0 Å². The first-order valence-corrected chi connectivity index (χ1v) is 8.61. The van der Waals surface area contributed by atoms with Gasteiger partial charge in [0.25, 0.3) is 5.76 Å². The molecule has 0 atom stereocenters. The zero-order valence-corrected chi connectivity index (χ0v) is 14.2. The summed E-state index contributed by atoms with van der Waals surface area (Å²) in [6.07, 6.45) is 0.835. The van der Waals surface area contributed by atoms with Gasteiger partial charge in [0.05, 0.1) is 0 Å². The van der Waals surface area contributed by atoms with Crippen LogP contribution in [-0.4, -0.2) is 23.2 Å². The summed E-state index contributed by atoms with van der Waals surface area (Å²) in [6, 6.07) is 16.0. The van der Waals surface area contributed by atoms with Crippen molar-refractivity contribution >= 4 is 23.5 Å². The predicted molar refractivity (Wildman–Crippen MR) is 94.5 cm³/mol. The predicted octanol–water partition coefficient (Wildman–Crippen LogP) is 5.45. The summed E-state index contributed by atoms with van der Waals surface area (Å²) in [7, 11) is 0. The van der Waals surface area contributed by atoms with Crippen LogP contribution in [0.2, 0.25) is 0 Å². The number of rotatable bonds is 7. The highest BCUT2D eigenvalue weighted by Crippen LogP contribution is 2.27. The molecule has 0 aliphatic rings. The van der Waals surface area contributed by atoms with Gasteiger partial charge in [0, 0.05) is 23.7 Å². The SMILES string of the molecule is CCCN(Cc1ccccc1)C(=O)Nc1cccc(SC(F)F)c1. The Bertz CT molecular complexity index is 652. The number of halogens is 2. The van der Waals surface area contributed by atoms with Crippen LogP contribution in [0.4, 0.5) is 19.3 Å². The van der Waals surface area contributed by atoms with Gasteiger partial charge in [-0.2, -0.15) is 8.78 Å². The maximum absolute atomic E-state index is 12.5. The number of alkyl halides is 2. The molecule has 2 aromatic rings. The summed E-state index contributed by atoms with van der Waals surface area (Å²) >= 11 is 0.463. The Balaban J connectivity index is 2.04. The molecule has 2 amide bonds. The van der Waals surface area contributed by atoms with Gasteiger partial charge in [-0.15, -0.1) is 0 Å². The Kier molecular flexibility index (Phi) is 7.06. The Morgan fingerprint density at radius 1 is 1.17 bits per heavy atom. The van der Waals surface area contributed by atoms with Crippen molar-refractivity contribution in [3.05, 3.63) is 60.2 Å². The van der Waals surface area contributed by atoms with Gasteiger partial charge in [-0.1, -0.05) is 55.1 Å². The van der Waals surface area contributed by atoms with Gasteiger partial charge in [0.2, 0.25) is 0 Å². The Morgan fingerprint density at radius 2 is 1.92 bits per heavy atom. The van der Waals surface area contributed by atoms with Crippen LogP contribution in [0, 0.1) is 0 Å². The second-order valence-corrected chi connectivity index (χ2v) is 6.31. The van der Waals surface area contributed by atoms with Crippen molar-refractivity contribution in [3.63, 3.8) is 0 Å². The number of urea groups is 1. The van der Waals surface area contributed by atoms with E-state index in [4.69, 9.17) is 0 Å². The average Bonchev–Trinajstić information content (AvgIpc) is 2.55. The van der Waals surface area contributed by atoms with Crippen molar-refractivity contribution < 1.29 is 13.6 Å². The average molecular weight is 350 g/mol. The van der Waals surface area contributed by atoms with E-state index in [0.717, 1.165) is 12.0 Å². The van der Waals surface area contributed by atoms with Crippen LogP contribution < -0.4 is 5.32 Å². The molecule has 6 heteroatoms. The fraction of sp³-hybridized carbons (Fsp3) is 0.278. The summed E-state index contributed by atoms with van der Waals surface area (Å²) in [5.41, 5.74) is 1.56. The Labute approximate surface area is 145 Å². The summed E-state index contributed by atoms with van der Waals surface area (Å²) in [5, 5.41) is 2.79. The molecule has 0 spiro atoms. The van der Waals surface area contributed by atoms with Gasteiger partial charge in [0.1, 0.15) is 0 Å². The zero-order chi connectivity index (χ0) is 17.4. The number of hydrogen-bond donors (Lipinski definition) is 1. The van der Waals surface area contributed by atoms with Crippen molar-refractivity contribution in [2.24, 2.45) is 0 Å². The summed E-state index contributed by atoms with van der Waals surface area (Å²) in [4.78, 5) is 14.6. The highest BCUT2D eigenvalue weighted by Gasteiger charge is 2.14. The second kappa shape index (κ2) is 9.27. The molecule has 2 rings (SSSR count). The fourth-order valence-electron chi connectivity index (χ4n) is 2.28. The number of hydrogen-bond acceptors (Lipinski definition) is 2. The lowest BCUT2D eigenvalue weighted by Crippen LogP contribution is -2.35. The lowest BCUT2D eigenvalue weighted by molar-refractivity contribution is 0.209. The molecule has 3 nitrogen and oxygen atoms in total. The number of nitrogens with one attached hydrogen (secondary N) is 1. The summed E-state index contributed by atoms with van der Waals surface area (Å²) in [6.45, 7) is 3.13. The molecule has 0 fully saturated rings. The minimum atomic E-state index is -2.48. The fourth-order valence-corrected chi connectivity index (χ4v) is 2.84. The normalized spacial score (nSPS) is 10.7. The van der Waals surface area contributed by atoms with Crippen LogP contribution in [0.1, 0.15) is 18.9 Å². The molecule has 2 aromatic carbocycles. The van der Waals surface area contributed by atoms with Gasteiger partial charge in [-0.3, -0.25) is 0 Å². The van der Waals surface area contributed by atoms with Gasteiger partial charge in [-0.05, 0) is 30.2 Å². The highest BCUT2D eigenvalue weighted by molar-refractivity contribution is 7.99. The van der Waals surface area contributed by atoms with Crippen LogP contribution in [0.5, 0.6) is 0 Å². The van der Waals surface area contributed by atoms with E-state index in [9.17, 15) is 13.6 Å². The van der Waals surface area contributed by atoms with Crippen LogP contribution in [0.3, 0.4) is 0 Å². The molecule has 0 unspecified atom stereocenters. The van der Waals surface area contributed by atoms with Crippen molar-refractivity contribution in [1.82, 2.24) is 4.90 Å². The number of amides is 2. The third kappa shape index (κ3) is 5.85. The molecule has 1 N–H and O–H groups in total. The molecule has 0 saturated heterocycles. The number of carbonyl (C=O) groups is 1. The van der Waals surface area contributed by atoms with Crippen LogP contribution >= 0.6 is 11.8 Å². The number of benzene rings is 2. The van der Waals surface area contributed by atoms with E-state index >= 15 is 0 Å². The molecule has 0 radical (unpaired) electrons. The quantitative estimate of drug-likeness (QED) is 0.674. The van der Waals surface area contributed by atoms with Crippen molar-refractivity contribution in [2.75, 3.05) is 11.9 Å². The van der Waals surface area contributed by atoms with Gasteiger partial charge >= 0.3 is 6.03 Å². The van der Waals surface area contributed by atoms with E-state index < -0.39 is 5.76 Å². The van der Waals surface area contributed by atoms with Crippen LogP contribution in [-0.2, 0) is 6.54 Å². The van der Waals surface area contributed by atoms with Crippen LogP contribution in [0.25, 0.3) is 0 Å². The van der Waals surface area contributed by atoms with Gasteiger partial charge in [0.15, 0.2) is 0 Å². The first-order valence-electron chi connectivity index (χ1n) is 7.73. The zero-order valence-electron chi connectivity index (χ0n) is 13.4. The Hall–Kier alpha value is -2.08. The summed E-state index contributed by atoms with van der Waals surface area (Å²) < 4.78 is 24.9. The molecule has 0 aromatic heterocycles. The number of thioether (sulfide) groups is 1. The maximum atomic E-state index is 12.5. The molecule has 0 aliphatic carbocycles. The standard InChI is InChI=1S/C18H20F2N2OS/c1-2-11-22(13-14-7-4-3-5-8-14)18(23)21-15-9-6-10-16(12-15)24-17(19)20/h3-10,12,17H,2,11,13H2,1H3,(H,21,23). The molecule has 24 heavy (non-hydrogen) atoms. The van der Waals surface area contributed by atoms with Crippen molar-refractivity contribution in [3.8, 4) is 0 Å².